The first kappa shape index (κ1) is 24.7. The number of carbonyl (C=O) groups excluding carboxylic acids is 1. The zero-order valence-corrected chi connectivity index (χ0v) is 21.7. The molecule has 2 saturated heterocycles. The molecular weight excluding hydrogens is 454 g/mol. The molecule has 3 heterocycles. The lowest BCUT2D eigenvalue weighted by molar-refractivity contribution is -0.0302. The number of fused-ring (bicyclic) bond motifs is 3. The topological polar surface area (TPSA) is 65.5 Å². The number of piperidine rings is 1. The molecule has 2 aromatic rings. The van der Waals surface area contributed by atoms with Crippen LogP contribution in [0.3, 0.4) is 0 Å². The van der Waals surface area contributed by atoms with Crippen LogP contribution in [0.15, 0.2) is 54.2 Å². The lowest BCUT2D eigenvalue weighted by Gasteiger charge is -2.45. The van der Waals surface area contributed by atoms with Crippen LogP contribution >= 0.6 is 0 Å². The second-order valence-corrected chi connectivity index (χ2v) is 10.1. The van der Waals surface area contributed by atoms with Crippen molar-refractivity contribution in [1.82, 2.24) is 14.7 Å². The normalized spacial score (nSPS) is 22.1. The summed E-state index contributed by atoms with van der Waals surface area (Å²) in [6.07, 6.45) is 3.93. The van der Waals surface area contributed by atoms with E-state index in [4.69, 9.17) is 9.47 Å². The van der Waals surface area contributed by atoms with Crippen molar-refractivity contribution in [2.24, 2.45) is 0 Å². The summed E-state index contributed by atoms with van der Waals surface area (Å²) in [7, 11) is 3.34. The molecule has 1 N–H and O–H groups in total. The average molecular weight is 492 g/mol. The Labute approximate surface area is 213 Å². The second-order valence-electron chi connectivity index (χ2n) is 10.1. The number of benzene rings is 2. The van der Waals surface area contributed by atoms with E-state index in [-0.39, 0.29) is 17.5 Å². The van der Waals surface area contributed by atoms with Gasteiger partial charge in [0, 0.05) is 49.3 Å². The fourth-order valence-electron chi connectivity index (χ4n) is 6.41. The first-order valence-electron chi connectivity index (χ1n) is 12.9. The van der Waals surface area contributed by atoms with Gasteiger partial charge >= 0.3 is 6.03 Å². The molecule has 0 saturated carbocycles. The van der Waals surface area contributed by atoms with E-state index in [2.05, 4.69) is 41.9 Å². The number of rotatable bonds is 6. The van der Waals surface area contributed by atoms with Gasteiger partial charge in [0.1, 0.15) is 17.7 Å². The number of allylic oxidation sites excluding steroid dienone is 1. The molecule has 36 heavy (non-hydrogen) atoms. The molecule has 7 heteroatoms. The molecule has 5 rings (SSSR count). The highest BCUT2D eigenvalue weighted by Crippen LogP contribution is 2.49. The SMILES string of the molecule is CCN1C(=O)N2Cc3cc(OC)cc(OC)c3[C@@H](C)C=C2C12CCN(C(O)Cc1ccccc1)CC2. The number of ether oxygens (including phenoxy) is 2. The monoisotopic (exact) mass is 491 g/mol. The number of likely N-dealkylation sites (tertiary alicyclic amines) is 1. The van der Waals surface area contributed by atoms with Crippen LogP contribution in [-0.2, 0) is 13.0 Å². The van der Waals surface area contributed by atoms with Gasteiger partial charge in [-0.2, -0.15) is 0 Å². The maximum absolute atomic E-state index is 13.8. The van der Waals surface area contributed by atoms with Gasteiger partial charge in [0.05, 0.1) is 26.3 Å². The number of likely N-dealkylation sites (N-methyl/N-ethyl adjacent to an activating group) is 1. The molecule has 3 aliphatic heterocycles. The Morgan fingerprint density at radius 1 is 1.11 bits per heavy atom. The Hall–Kier alpha value is -3.03. The minimum Gasteiger partial charge on any atom is -0.497 e. The van der Waals surface area contributed by atoms with E-state index in [1.165, 1.54) is 0 Å². The minimum absolute atomic E-state index is 0.0591. The number of aliphatic hydroxyl groups is 1. The van der Waals surface area contributed by atoms with Crippen LogP contribution in [0.5, 0.6) is 11.5 Å². The highest BCUT2D eigenvalue weighted by molar-refractivity contribution is 5.83. The number of amides is 2. The molecule has 0 aliphatic carbocycles. The lowest BCUT2D eigenvalue weighted by atomic mass is 9.82. The van der Waals surface area contributed by atoms with Crippen LogP contribution in [0.4, 0.5) is 4.79 Å². The van der Waals surface area contributed by atoms with Gasteiger partial charge in [-0.1, -0.05) is 43.3 Å². The van der Waals surface area contributed by atoms with E-state index in [1.54, 1.807) is 14.2 Å². The lowest BCUT2D eigenvalue weighted by Crippen LogP contribution is -2.55. The van der Waals surface area contributed by atoms with E-state index in [0.29, 0.717) is 19.5 Å². The van der Waals surface area contributed by atoms with Crippen molar-refractivity contribution in [3.8, 4) is 11.5 Å². The fourth-order valence-corrected chi connectivity index (χ4v) is 6.41. The number of hydrogen-bond acceptors (Lipinski definition) is 5. The third-order valence-corrected chi connectivity index (χ3v) is 8.22. The molecule has 2 amide bonds. The molecule has 2 aromatic carbocycles. The first-order chi connectivity index (χ1) is 17.4. The maximum Gasteiger partial charge on any atom is 0.325 e. The van der Waals surface area contributed by atoms with Crippen molar-refractivity contribution in [3.05, 3.63) is 70.9 Å². The summed E-state index contributed by atoms with van der Waals surface area (Å²) in [6, 6.07) is 14.1. The first-order valence-corrected chi connectivity index (χ1v) is 12.9. The second kappa shape index (κ2) is 9.79. The van der Waals surface area contributed by atoms with E-state index >= 15 is 0 Å². The van der Waals surface area contributed by atoms with Gasteiger partial charge in [-0.25, -0.2) is 4.79 Å². The smallest absolute Gasteiger partial charge is 0.325 e. The molecule has 192 valence electrons. The fraction of sp³-hybridized carbons (Fsp3) is 0.483. The number of hydrogen-bond donors (Lipinski definition) is 1. The average Bonchev–Trinajstić information content (AvgIpc) is 3.00. The van der Waals surface area contributed by atoms with Gasteiger partial charge in [0.15, 0.2) is 0 Å². The van der Waals surface area contributed by atoms with Crippen molar-refractivity contribution in [2.75, 3.05) is 33.9 Å². The van der Waals surface area contributed by atoms with Crippen molar-refractivity contribution in [3.63, 3.8) is 0 Å². The Morgan fingerprint density at radius 3 is 2.47 bits per heavy atom. The zero-order valence-electron chi connectivity index (χ0n) is 21.7. The Balaban J connectivity index is 1.44. The molecule has 2 fully saturated rings. The summed E-state index contributed by atoms with van der Waals surface area (Å²) in [4.78, 5) is 19.9. The molecule has 0 radical (unpaired) electrons. The Kier molecular flexibility index (Phi) is 6.70. The molecule has 7 nitrogen and oxygen atoms in total. The molecule has 1 spiro atoms. The Morgan fingerprint density at radius 2 is 1.83 bits per heavy atom. The van der Waals surface area contributed by atoms with Gasteiger partial charge in [-0.3, -0.25) is 9.80 Å². The van der Waals surface area contributed by atoms with Gasteiger partial charge < -0.3 is 19.5 Å². The van der Waals surface area contributed by atoms with E-state index < -0.39 is 6.23 Å². The number of aliphatic hydroxyl groups excluding tert-OH is 1. The minimum atomic E-state index is -0.531. The predicted molar refractivity (Wildman–Crippen MR) is 139 cm³/mol. The van der Waals surface area contributed by atoms with Crippen LogP contribution < -0.4 is 9.47 Å². The van der Waals surface area contributed by atoms with Gasteiger partial charge in [0.2, 0.25) is 0 Å². The molecule has 0 aromatic heterocycles. The van der Waals surface area contributed by atoms with E-state index in [0.717, 1.165) is 59.8 Å². The summed E-state index contributed by atoms with van der Waals surface area (Å²) in [5.74, 6) is 1.61. The summed E-state index contributed by atoms with van der Waals surface area (Å²) in [6.45, 7) is 6.86. The van der Waals surface area contributed by atoms with Crippen molar-refractivity contribution in [1.29, 1.82) is 0 Å². The molecule has 0 bridgehead atoms. The number of nitrogens with zero attached hydrogens (tertiary/aromatic N) is 3. The van der Waals surface area contributed by atoms with Crippen LogP contribution in [-0.4, -0.2) is 71.5 Å². The van der Waals surface area contributed by atoms with Crippen LogP contribution in [0.2, 0.25) is 0 Å². The highest BCUT2D eigenvalue weighted by Gasteiger charge is 2.55. The zero-order chi connectivity index (χ0) is 25.4. The van der Waals surface area contributed by atoms with E-state index in [1.807, 2.05) is 35.2 Å². The van der Waals surface area contributed by atoms with E-state index in [9.17, 15) is 9.90 Å². The van der Waals surface area contributed by atoms with Crippen molar-refractivity contribution < 1.29 is 19.4 Å². The van der Waals surface area contributed by atoms with Crippen LogP contribution in [0.1, 0.15) is 49.3 Å². The van der Waals surface area contributed by atoms with Gasteiger partial charge in [-0.05, 0) is 37.0 Å². The Bertz CT molecular complexity index is 1140. The summed E-state index contributed by atoms with van der Waals surface area (Å²) in [5.41, 5.74) is 4.04. The molecule has 1 unspecified atom stereocenters. The summed E-state index contributed by atoms with van der Waals surface area (Å²) in [5, 5.41) is 11.0. The third-order valence-electron chi connectivity index (χ3n) is 8.22. The largest absolute Gasteiger partial charge is 0.497 e. The van der Waals surface area contributed by atoms with Crippen LogP contribution in [0.25, 0.3) is 0 Å². The summed E-state index contributed by atoms with van der Waals surface area (Å²) >= 11 is 0. The highest BCUT2D eigenvalue weighted by atomic mass is 16.5. The molecular formula is C29H37N3O4. The summed E-state index contributed by atoms with van der Waals surface area (Å²) < 4.78 is 11.3. The predicted octanol–water partition coefficient (Wildman–Crippen LogP) is 4.36. The third kappa shape index (κ3) is 4.04. The maximum atomic E-state index is 13.8. The quantitative estimate of drug-likeness (QED) is 0.651. The van der Waals surface area contributed by atoms with Gasteiger partial charge in [0.25, 0.3) is 0 Å². The molecule has 2 atom stereocenters. The van der Waals surface area contributed by atoms with Crippen molar-refractivity contribution in [2.45, 2.75) is 57.3 Å². The van der Waals surface area contributed by atoms with Crippen molar-refractivity contribution >= 4 is 6.03 Å². The molecule has 3 aliphatic rings. The number of carbonyl (C=O) groups is 1. The number of urea groups is 1. The number of methoxy groups -OCH3 is 2. The van der Waals surface area contributed by atoms with Gasteiger partial charge in [-0.15, -0.1) is 0 Å². The standard InChI is InChI=1S/C29H37N3O4/c1-5-32-28(34)31-19-22-17-23(35-3)18-24(36-4)27(22)20(2)15-25(31)29(32)11-13-30(14-12-29)26(33)16-21-9-7-6-8-10-21/h6-10,15,17-18,20,26,33H,5,11-14,16,19H2,1-4H3/t20-,26?/m0/s1. The van der Waals surface area contributed by atoms with Crippen LogP contribution in [0, 0.1) is 0 Å².